The first kappa shape index (κ1) is 18.6. The van der Waals surface area contributed by atoms with Crippen molar-refractivity contribution in [1.82, 2.24) is 19.9 Å². The van der Waals surface area contributed by atoms with Gasteiger partial charge in [0, 0.05) is 18.9 Å². The van der Waals surface area contributed by atoms with E-state index in [9.17, 15) is 22.8 Å². The quantitative estimate of drug-likeness (QED) is 0.760. The van der Waals surface area contributed by atoms with Crippen molar-refractivity contribution in [3.8, 4) is 0 Å². The number of rotatable bonds is 4. The van der Waals surface area contributed by atoms with Crippen LogP contribution in [-0.2, 0) is 17.5 Å². The van der Waals surface area contributed by atoms with Gasteiger partial charge in [0.25, 0.3) is 5.56 Å². The van der Waals surface area contributed by atoms with Gasteiger partial charge in [-0.05, 0) is 30.7 Å². The molecule has 3 rings (SSSR count). The number of alkyl halides is 3. The molecule has 0 saturated carbocycles. The first-order valence-electron chi connectivity index (χ1n) is 8.04. The fraction of sp³-hybridized carbons (Fsp3) is 0.222. The summed E-state index contributed by atoms with van der Waals surface area (Å²) in [5.41, 5.74) is -2.05. The maximum Gasteiger partial charge on any atom is 0.438 e. The van der Waals surface area contributed by atoms with Gasteiger partial charge >= 0.3 is 6.18 Å². The summed E-state index contributed by atoms with van der Waals surface area (Å²) in [5.74, 6) is -0.592. The molecule has 2 heterocycles. The first-order valence-corrected chi connectivity index (χ1v) is 8.04. The number of aromatic nitrogens is 3. The minimum absolute atomic E-state index is 0.0173. The Kier molecular flexibility index (Phi) is 4.93. The molecule has 0 aliphatic heterocycles. The van der Waals surface area contributed by atoms with Gasteiger partial charge in [0.2, 0.25) is 11.6 Å². The zero-order chi connectivity index (χ0) is 19.6. The van der Waals surface area contributed by atoms with E-state index in [1.54, 1.807) is 30.6 Å². The molecule has 0 aliphatic carbocycles. The highest BCUT2D eigenvalue weighted by molar-refractivity contribution is 5.83. The van der Waals surface area contributed by atoms with E-state index in [2.05, 4.69) is 15.3 Å². The Morgan fingerprint density at radius 1 is 1.22 bits per heavy atom. The van der Waals surface area contributed by atoms with Crippen molar-refractivity contribution in [2.75, 3.05) is 0 Å². The Bertz CT molecular complexity index is 1030. The van der Waals surface area contributed by atoms with Gasteiger partial charge in [-0.25, -0.2) is 4.98 Å². The van der Waals surface area contributed by atoms with Gasteiger partial charge in [0.1, 0.15) is 6.04 Å². The standard InChI is InChI=1S/C18H15F3N4O2/c1-11(16(26)23-10-12-5-4-8-22-9-12)25-14-7-3-2-6-13(14)24-15(17(25)27)18(19,20)21/h2-9,11H,10H2,1H3,(H,23,26)/t11-/m1/s1. The SMILES string of the molecule is C[C@H](C(=O)NCc1cccnc1)n1c(=O)c(C(F)(F)F)nc2ccccc21. The van der Waals surface area contributed by atoms with E-state index in [1.807, 2.05) is 0 Å². The van der Waals surface area contributed by atoms with Gasteiger partial charge in [0.15, 0.2) is 0 Å². The highest BCUT2D eigenvalue weighted by Gasteiger charge is 2.38. The van der Waals surface area contributed by atoms with Crippen LogP contribution in [0.5, 0.6) is 0 Å². The van der Waals surface area contributed by atoms with Crippen LogP contribution in [-0.4, -0.2) is 20.4 Å². The van der Waals surface area contributed by atoms with Crippen LogP contribution in [0.4, 0.5) is 13.2 Å². The lowest BCUT2D eigenvalue weighted by Crippen LogP contribution is -2.38. The van der Waals surface area contributed by atoms with E-state index < -0.39 is 29.4 Å². The monoisotopic (exact) mass is 376 g/mol. The Balaban J connectivity index is 2.00. The molecule has 1 atom stereocenters. The summed E-state index contributed by atoms with van der Waals surface area (Å²) in [6, 6.07) is 8.17. The molecular weight excluding hydrogens is 361 g/mol. The predicted molar refractivity (Wildman–Crippen MR) is 91.8 cm³/mol. The second-order valence-corrected chi connectivity index (χ2v) is 5.88. The van der Waals surface area contributed by atoms with Crippen LogP contribution in [0, 0.1) is 0 Å². The maximum absolute atomic E-state index is 13.2. The van der Waals surface area contributed by atoms with Crippen molar-refractivity contribution in [3.05, 3.63) is 70.4 Å². The van der Waals surface area contributed by atoms with E-state index in [-0.39, 0.29) is 17.6 Å². The molecule has 1 N–H and O–H groups in total. The first-order chi connectivity index (χ1) is 12.8. The molecule has 0 saturated heterocycles. The van der Waals surface area contributed by atoms with Gasteiger partial charge in [-0.3, -0.25) is 19.1 Å². The lowest BCUT2D eigenvalue weighted by atomic mass is 10.2. The minimum Gasteiger partial charge on any atom is -0.350 e. The smallest absolute Gasteiger partial charge is 0.350 e. The van der Waals surface area contributed by atoms with Gasteiger partial charge < -0.3 is 5.32 Å². The van der Waals surface area contributed by atoms with E-state index >= 15 is 0 Å². The van der Waals surface area contributed by atoms with Crippen molar-refractivity contribution in [2.45, 2.75) is 25.7 Å². The minimum atomic E-state index is -4.92. The van der Waals surface area contributed by atoms with Crippen LogP contribution in [0.3, 0.4) is 0 Å². The van der Waals surface area contributed by atoms with Crippen LogP contribution in [0.25, 0.3) is 11.0 Å². The van der Waals surface area contributed by atoms with E-state index in [1.165, 1.54) is 25.1 Å². The van der Waals surface area contributed by atoms with Crippen LogP contribution < -0.4 is 10.9 Å². The summed E-state index contributed by atoms with van der Waals surface area (Å²) in [7, 11) is 0. The lowest BCUT2D eigenvalue weighted by Gasteiger charge is -2.19. The average Bonchev–Trinajstić information content (AvgIpc) is 2.65. The summed E-state index contributed by atoms with van der Waals surface area (Å²) in [4.78, 5) is 32.3. The number of halogens is 3. The van der Waals surface area contributed by atoms with Crippen LogP contribution in [0.2, 0.25) is 0 Å². The number of benzene rings is 1. The van der Waals surface area contributed by atoms with Crippen LogP contribution in [0.1, 0.15) is 24.2 Å². The number of hydrogen-bond acceptors (Lipinski definition) is 4. The summed E-state index contributed by atoms with van der Waals surface area (Å²) in [6.07, 6.45) is -1.79. The largest absolute Gasteiger partial charge is 0.438 e. The second-order valence-electron chi connectivity index (χ2n) is 5.88. The number of pyridine rings is 1. The van der Waals surface area contributed by atoms with Gasteiger partial charge in [-0.1, -0.05) is 18.2 Å². The molecule has 140 valence electrons. The molecule has 6 nitrogen and oxygen atoms in total. The molecule has 0 bridgehead atoms. The van der Waals surface area contributed by atoms with Crippen molar-refractivity contribution in [1.29, 1.82) is 0 Å². The average molecular weight is 376 g/mol. The molecule has 0 unspecified atom stereocenters. The molecule has 0 radical (unpaired) electrons. The number of fused-ring (bicyclic) bond motifs is 1. The Morgan fingerprint density at radius 3 is 2.63 bits per heavy atom. The van der Waals surface area contributed by atoms with Crippen molar-refractivity contribution >= 4 is 16.9 Å². The highest BCUT2D eigenvalue weighted by Crippen LogP contribution is 2.27. The van der Waals surface area contributed by atoms with E-state index in [0.717, 1.165) is 10.1 Å². The molecule has 1 aromatic carbocycles. The summed E-state index contributed by atoms with van der Waals surface area (Å²) < 4.78 is 40.4. The van der Waals surface area contributed by atoms with Crippen LogP contribution in [0.15, 0.2) is 53.6 Å². The second kappa shape index (κ2) is 7.18. The zero-order valence-electron chi connectivity index (χ0n) is 14.2. The highest BCUT2D eigenvalue weighted by atomic mass is 19.4. The Labute approximate surface area is 151 Å². The fourth-order valence-corrected chi connectivity index (χ4v) is 2.68. The van der Waals surface area contributed by atoms with Gasteiger partial charge in [-0.15, -0.1) is 0 Å². The normalized spacial score (nSPS) is 12.7. The van der Waals surface area contributed by atoms with Gasteiger partial charge in [0.05, 0.1) is 11.0 Å². The number of nitrogens with zero attached hydrogens (tertiary/aromatic N) is 3. The third-order valence-electron chi connectivity index (χ3n) is 4.02. The number of amides is 1. The van der Waals surface area contributed by atoms with Gasteiger partial charge in [-0.2, -0.15) is 13.2 Å². The molecule has 3 aromatic rings. The number of para-hydroxylation sites is 2. The zero-order valence-corrected chi connectivity index (χ0v) is 14.2. The molecule has 27 heavy (non-hydrogen) atoms. The number of hydrogen-bond donors (Lipinski definition) is 1. The number of nitrogens with one attached hydrogen (secondary N) is 1. The Morgan fingerprint density at radius 2 is 1.96 bits per heavy atom. The molecular formula is C18H15F3N4O2. The van der Waals surface area contributed by atoms with E-state index in [0.29, 0.717) is 0 Å². The predicted octanol–water partition coefficient (Wildman–Crippen LogP) is 2.69. The van der Waals surface area contributed by atoms with Crippen molar-refractivity contribution < 1.29 is 18.0 Å². The number of carbonyl (C=O) groups excluding carboxylic acids is 1. The lowest BCUT2D eigenvalue weighted by molar-refractivity contribution is -0.142. The van der Waals surface area contributed by atoms with E-state index in [4.69, 9.17) is 0 Å². The molecule has 9 heteroatoms. The molecule has 0 aliphatic rings. The summed E-state index contributed by atoms with van der Waals surface area (Å²) in [5, 5.41) is 2.61. The molecule has 2 aromatic heterocycles. The summed E-state index contributed by atoms with van der Waals surface area (Å²) in [6.45, 7) is 1.51. The Hall–Kier alpha value is -3.23. The number of carbonyl (C=O) groups is 1. The third-order valence-corrected chi connectivity index (χ3v) is 4.02. The molecule has 0 fully saturated rings. The molecule has 0 spiro atoms. The summed E-state index contributed by atoms with van der Waals surface area (Å²) >= 11 is 0. The molecule has 1 amide bonds. The maximum atomic E-state index is 13.2. The van der Waals surface area contributed by atoms with Crippen molar-refractivity contribution in [2.24, 2.45) is 0 Å². The van der Waals surface area contributed by atoms with Crippen LogP contribution >= 0.6 is 0 Å². The topological polar surface area (TPSA) is 76.9 Å². The van der Waals surface area contributed by atoms with Crippen molar-refractivity contribution in [3.63, 3.8) is 0 Å². The fourth-order valence-electron chi connectivity index (χ4n) is 2.68. The third kappa shape index (κ3) is 3.81.